The van der Waals surface area contributed by atoms with Crippen LogP contribution in [0.4, 0.5) is 4.79 Å². The molecule has 5 heteroatoms. The van der Waals surface area contributed by atoms with Crippen molar-refractivity contribution in [2.45, 2.75) is 20.3 Å². The maximum atomic E-state index is 11.7. The van der Waals surface area contributed by atoms with Gasteiger partial charge in [-0.05, 0) is 13.8 Å². The van der Waals surface area contributed by atoms with Gasteiger partial charge < -0.3 is 0 Å². The zero-order valence-electron chi connectivity index (χ0n) is 8.66. The van der Waals surface area contributed by atoms with Crippen molar-refractivity contribution < 1.29 is 14.4 Å². The standard InChI is InChI=1S/C10H12N2O3/c1-4-5-6-12-8(14)10(2,3)7(13)11-9(12)15/h1H,5-6H2,2-3H3,(H,11,13,15). The van der Waals surface area contributed by atoms with E-state index in [-0.39, 0.29) is 13.0 Å². The molecule has 0 unspecified atom stereocenters. The number of hydrogen-bond donors (Lipinski definition) is 1. The minimum absolute atomic E-state index is 0.137. The van der Waals surface area contributed by atoms with Gasteiger partial charge in [0, 0.05) is 13.0 Å². The summed E-state index contributed by atoms with van der Waals surface area (Å²) in [5.74, 6) is 1.25. The van der Waals surface area contributed by atoms with Crippen molar-refractivity contribution in [2.24, 2.45) is 5.41 Å². The third-order valence-electron chi connectivity index (χ3n) is 2.29. The van der Waals surface area contributed by atoms with Crippen LogP contribution in [0.15, 0.2) is 0 Å². The van der Waals surface area contributed by atoms with Gasteiger partial charge in [-0.1, -0.05) is 0 Å². The zero-order valence-corrected chi connectivity index (χ0v) is 8.66. The van der Waals surface area contributed by atoms with Crippen LogP contribution in [0, 0.1) is 17.8 Å². The Balaban J connectivity index is 2.90. The zero-order chi connectivity index (χ0) is 11.6. The van der Waals surface area contributed by atoms with E-state index in [1.54, 1.807) is 0 Å². The lowest BCUT2D eigenvalue weighted by molar-refractivity contribution is -0.148. The van der Waals surface area contributed by atoms with E-state index in [9.17, 15) is 14.4 Å². The van der Waals surface area contributed by atoms with Gasteiger partial charge in [0.2, 0.25) is 11.8 Å². The first-order valence-electron chi connectivity index (χ1n) is 4.52. The normalized spacial score (nSPS) is 19.8. The first-order chi connectivity index (χ1) is 6.91. The Morgan fingerprint density at radius 3 is 2.53 bits per heavy atom. The van der Waals surface area contributed by atoms with E-state index in [2.05, 4.69) is 11.2 Å². The van der Waals surface area contributed by atoms with Crippen LogP contribution < -0.4 is 5.32 Å². The lowest BCUT2D eigenvalue weighted by Gasteiger charge is -2.34. The van der Waals surface area contributed by atoms with Crippen LogP contribution in [-0.2, 0) is 9.59 Å². The third kappa shape index (κ3) is 1.84. The molecule has 1 aliphatic heterocycles. The quantitative estimate of drug-likeness (QED) is 0.517. The Hall–Kier alpha value is -1.83. The van der Waals surface area contributed by atoms with Gasteiger partial charge in [0.1, 0.15) is 5.41 Å². The Labute approximate surface area is 87.8 Å². The molecule has 1 rings (SSSR count). The Bertz CT molecular complexity index is 365. The maximum absolute atomic E-state index is 11.7. The van der Waals surface area contributed by atoms with E-state index >= 15 is 0 Å². The molecule has 1 N–H and O–H groups in total. The Kier molecular flexibility index (Phi) is 2.80. The summed E-state index contributed by atoms with van der Waals surface area (Å²) in [6, 6.07) is -0.695. The van der Waals surface area contributed by atoms with Crippen LogP contribution in [-0.4, -0.2) is 29.3 Å². The van der Waals surface area contributed by atoms with Gasteiger partial charge in [-0.3, -0.25) is 19.8 Å². The number of urea groups is 1. The van der Waals surface area contributed by atoms with Crippen LogP contribution in [0.2, 0.25) is 0 Å². The van der Waals surface area contributed by atoms with Crippen molar-refractivity contribution in [3.05, 3.63) is 0 Å². The fourth-order valence-corrected chi connectivity index (χ4v) is 1.23. The predicted molar refractivity (Wildman–Crippen MR) is 52.5 cm³/mol. The molecule has 0 aliphatic carbocycles. The van der Waals surface area contributed by atoms with Crippen LogP contribution in [0.1, 0.15) is 20.3 Å². The van der Waals surface area contributed by atoms with Crippen molar-refractivity contribution >= 4 is 17.8 Å². The molecule has 80 valence electrons. The van der Waals surface area contributed by atoms with Gasteiger partial charge in [0.15, 0.2) is 0 Å². The summed E-state index contributed by atoms with van der Waals surface area (Å²) in [4.78, 5) is 35.4. The van der Waals surface area contributed by atoms with Crippen molar-refractivity contribution in [1.82, 2.24) is 10.2 Å². The Morgan fingerprint density at radius 2 is 2.00 bits per heavy atom. The monoisotopic (exact) mass is 208 g/mol. The summed E-state index contributed by atoms with van der Waals surface area (Å²) < 4.78 is 0. The second kappa shape index (κ2) is 3.73. The molecule has 5 nitrogen and oxygen atoms in total. The van der Waals surface area contributed by atoms with Gasteiger partial charge in [-0.25, -0.2) is 4.79 Å². The van der Waals surface area contributed by atoms with Crippen molar-refractivity contribution in [3.8, 4) is 12.3 Å². The molecule has 0 aromatic rings. The molecule has 0 saturated carbocycles. The van der Waals surface area contributed by atoms with E-state index in [1.807, 2.05) is 0 Å². The summed E-state index contributed by atoms with van der Waals surface area (Å²) in [6.45, 7) is 3.08. The van der Waals surface area contributed by atoms with Gasteiger partial charge >= 0.3 is 6.03 Å². The number of imide groups is 2. The number of carbonyl (C=O) groups is 3. The lowest BCUT2D eigenvalue weighted by Crippen LogP contribution is -2.61. The van der Waals surface area contributed by atoms with Crippen molar-refractivity contribution in [1.29, 1.82) is 0 Å². The fraction of sp³-hybridized carbons (Fsp3) is 0.500. The minimum Gasteiger partial charge on any atom is -0.277 e. The van der Waals surface area contributed by atoms with E-state index in [0.717, 1.165) is 4.90 Å². The molecule has 1 saturated heterocycles. The molecule has 1 heterocycles. The number of nitrogens with one attached hydrogen (secondary N) is 1. The highest BCUT2D eigenvalue weighted by Gasteiger charge is 2.46. The summed E-state index contributed by atoms with van der Waals surface area (Å²) in [6.07, 6.45) is 5.33. The average molecular weight is 208 g/mol. The molecule has 0 radical (unpaired) electrons. The second-order valence-electron chi connectivity index (χ2n) is 3.80. The molecule has 1 fully saturated rings. The number of nitrogens with zero attached hydrogens (tertiary/aromatic N) is 1. The average Bonchev–Trinajstić information content (AvgIpc) is 2.16. The topological polar surface area (TPSA) is 66.5 Å². The SMILES string of the molecule is C#CCCN1C(=O)NC(=O)C(C)(C)C1=O. The molecule has 0 spiro atoms. The first-order valence-corrected chi connectivity index (χ1v) is 4.52. The largest absolute Gasteiger partial charge is 0.330 e. The lowest BCUT2D eigenvalue weighted by atomic mass is 9.89. The number of amides is 4. The molecule has 0 bridgehead atoms. The number of carbonyl (C=O) groups excluding carboxylic acids is 3. The molecular formula is C10H12N2O3. The third-order valence-corrected chi connectivity index (χ3v) is 2.29. The van der Waals surface area contributed by atoms with Crippen LogP contribution in [0.5, 0.6) is 0 Å². The van der Waals surface area contributed by atoms with Gasteiger partial charge in [-0.2, -0.15) is 0 Å². The summed E-state index contributed by atoms with van der Waals surface area (Å²) in [5, 5.41) is 2.12. The maximum Gasteiger partial charge on any atom is 0.330 e. The fourth-order valence-electron chi connectivity index (χ4n) is 1.23. The number of barbiturate groups is 1. The number of terminal acetylenes is 1. The first kappa shape index (κ1) is 11.2. The molecule has 0 atom stereocenters. The molecule has 0 aromatic heterocycles. The minimum atomic E-state index is -1.21. The van der Waals surface area contributed by atoms with E-state index in [4.69, 9.17) is 6.42 Å². The van der Waals surface area contributed by atoms with Gasteiger partial charge in [-0.15, -0.1) is 12.3 Å². The summed E-state index contributed by atoms with van der Waals surface area (Å²) in [5.41, 5.74) is -1.21. The van der Waals surface area contributed by atoms with Crippen LogP contribution in [0.25, 0.3) is 0 Å². The Morgan fingerprint density at radius 1 is 1.40 bits per heavy atom. The predicted octanol–water partition coefficient (Wildman–Crippen LogP) is 0.114. The highest BCUT2D eigenvalue weighted by Crippen LogP contribution is 2.23. The number of hydrogen-bond acceptors (Lipinski definition) is 3. The summed E-state index contributed by atoms with van der Waals surface area (Å²) >= 11 is 0. The molecule has 0 aromatic carbocycles. The second-order valence-corrected chi connectivity index (χ2v) is 3.80. The molecular weight excluding hydrogens is 196 g/mol. The smallest absolute Gasteiger partial charge is 0.277 e. The van der Waals surface area contributed by atoms with E-state index < -0.39 is 23.3 Å². The van der Waals surface area contributed by atoms with Gasteiger partial charge in [0.25, 0.3) is 0 Å². The van der Waals surface area contributed by atoms with E-state index in [1.165, 1.54) is 13.8 Å². The van der Waals surface area contributed by atoms with Crippen molar-refractivity contribution in [3.63, 3.8) is 0 Å². The van der Waals surface area contributed by atoms with Crippen LogP contribution >= 0.6 is 0 Å². The van der Waals surface area contributed by atoms with E-state index in [0.29, 0.717) is 0 Å². The highest BCUT2D eigenvalue weighted by atomic mass is 16.2. The van der Waals surface area contributed by atoms with Crippen LogP contribution in [0.3, 0.4) is 0 Å². The number of rotatable bonds is 2. The van der Waals surface area contributed by atoms with Crippen molar-refractivity contribution in [2.75, 3.05) is 6.54 Å². The highest BCUT2D eigenvalue weighted by molar-refractivity contribution is 6.18. The molecule has 15 heavy (non-hydrogen) atoms. The molecule has 1 aliphatic rings. The molecule has 4 amide bonds. The summed E-state index contributed by atoms with van der Waals surface area (Å²) in [7, 11) is 0. The van der Waals surface area contributed by atoms with Gasteiger partial charge in [0.05, 0.1) is 0 Å².